The van der Waals surface area contributed by atoms with Crippen molar-refractivity contribution in [2.75, 3.05) is 6.61 Å². The van der Waals surface area contributed by atoms with Crippen molar-refractivity contribution in [2.24, 2.45) is 5.41 Å². The van der Waals surface area contributed by atoms with Crippen molar-refractivity contribution in [3.8, 4) is 0 Å². The van der Waals surface area contributed by atoms with Crippen molar-refractivity contribution in [3.05, 3.63) is 55.9 Å². The van der Waals surface area contributed by atoms with E-state index in [-0.39, 0.29) is 17.7 Å². The van der Waals surface area contributed by atoms with Crippen molar-refractivity contribution in [1.82, 2.24) is 0 Å². The van der Waals surface area contributed by atoms with Gasteiger partial charge in [-0.15, -0.1) is 11.3 Å². The van der Waals surface area contributed by atoms with Crippen LogP contribution in [0.2, 0.25) is 0 Å². The van der Waals surface area contributed by atoms with Gasteiger partial charge in [0.1, 0.15) is 5.82 Å². The number of halogens is 2. The summed E-state index contributed by atoms with van der Waals surface area (Å²) in [5.41, 5.74) is 1.23. The summed E-state index contributed by atoms with van der Waals surface area (Å²) < 4.78 is 20.0. The van der Waals surface area contributed by atoms with Crippen LogP contribution < -0.4 is 0 Å². The molecule has 0 radical (unpaired) electrons. The van der Waals surface area contributed by atoms with Crippen LogP contribution in [-0.4, -0.2) is 12.6 Å². The molecule has 22 heavy (non-hydrogen) atoms. The van der Waals surface area contributed by atoms with Gasteiger partial charge in [0.05, 0.1) is 15.8 Å². The van der Waals surface area contributed by atoms with Crippen LogP contribution in [0.1, 0.15) is 35.8 Å². The highest BCUT2D eigenvalue weighted by atomic mass is 79.9. The summed E-state index contributed by atoms with van der Waals surface area (Å²) in [4.78, 5) is 13.7. The van der Waals surface area contributed by atoms with E-state index in [9.17, 15) is 9.18 Å². The van der Waals surface area contributed by atoms with E-state index in [0.717, 1.165) is 19.8 Å². The Morgan fingerprint density at radius 3 is 2.95 bits per heavy atom. The number of esters is 1. The first-order chi connectivity index (χ1) is 10.5. The highest BCUT2D eigenvalue weighted by Gasteiger charge is 2.50. The maximum Gasteiger partial charge on any atom is 0.313 e. The molecule has 1 aromatic carbocycles. The van der Waals surface area contributed by atoms with Gasteiger partial charge in [0.25, 0.3) is 0 Å². The second-order valence-corrected chi connectivity index (χ2v) is 8.25. The van der Waals surface area contributed by atoms with Crippen LogP contribution in [0, 0.1) is 11.2 Å². The van der Waals surface area contributed by atoms with Crippen molar-refractivity contribution in [2.45, 2.75) is 26.2 Å². The lowest BCUT2D eigenvalue weighted by Gasteiger charge is -2.30. The van der Waals surface area contributed by atoms with Crippen LogP contribution in [0.3, 0.4) is 0 Å². The molecule has 0 unspecified atom stereocenters. The minimum Gasteiger partial charge on any atom is -0.466 e. The minimum absolute atomic E-state index is 0.181. The van der Waals surface area contributed by atoms with E-state index < -0.39 is 5.41 Å². The van der Waals surface area contributed by atoms with E-state index in [1.165, 1.54) is 12.1 Å². The van der Waals surface area contributed by atoms with Gasteiger partial charge in [-0.05, 0) is 65.5 Å². The van der Waals surface area contributed by atoms with E-state index in [2.05, 4.69) is 15.9 Å². The smallest absolute Gasteiger partial charge is 0.313 e. The van der Waals surface area contributed by atoms with E-state index in [1.807, 2.05) is 19.1 Å². The van der Waals surface area contributed by atoms with Gasteiger partial charge in [-0.25, -0.2) is 4.39 Å². The number of carbonyl (C=O) groups excluding carboxylic acids is 1. The number of fused-ring (bicyclic) bond motifs is 1. The summed E-state index contributed by atoms with van der Waals surface area (Å²) in [5, 5.41) is 0. The monoisotopic (exact) mass is 382 g/mol. The maximum atomic E-state index is 13.7. The lowest BCUT2D eigenvalue weighted by Crippen LogP contribution is -2.34. The highest BCUT2D eigenvalue weighted by Crippen LogP contribution is 2.54. The standard InChI is InChI=1S/C17H16BrFO2S/c1-3-21-16(20)17(2)9-13-12(8-14(18)22-13)15(17)10-5-4-6-11(19)7-10/h4-8,15H,3,9H2,1-2H3/t15-,17+/m1/s1. The first kappa shape index (κ1) is 15.7. The summed E-state index contributed by atoms with van der Waals surface area (Å²) in [6.07, 6.45) is 0.624. The molecule has 0 aliphatic heterocycles. The van der Waals surface area contributed by atoms with Gasteiger partial charge in [-0.2, -0.15) is 0 Å². The van der Waals surface area contributed by atoms with Crippen LogP contribution in [-0.2, 0) is 16.0 Å². The molecule has 116 valence electrons. The van der Waals surface area contributed by atoms with Gasteiger partial charge < -0.3 is 4.74 Å². The molecule has 0 amide bonds. The molecule has 0 spiro atoms. The second kappa shape index (κ2) is 5.78. The van der Waals surface area contributed by atoms with Gasteiger partial charge >= 0.3 is 5.97 Å². The number of hydrogen-bond acceptors (Lipinski definition) is 3. The zero-order chi connectivity index (χ0) is 15.9. The zero-order valence-corrected chi connectivity index (χ0v) is 14.8. The third kappa shape index (κ3) is 2.50. The van der Waals surface area contributed by atoms with Gasteiger partial charge in [0, 0.05) is 10.8 Å². The average molecular weight is 383 g/mol. The zero-order valence-electron chi connectivity index (χ0n) is 12.4. The Kier molecular flexibility index (Phi) is 4.12. The largest absolute Gasteiger partial charge is 0.466 e. The fraction of sp³-hybridized carbons (Fsp3) is 0.353. The Labute approximate surface area is 141 Å². The quantitative estimate of drug-likeness (QED) is 0.705. The molecule has 0 bridgehead atoms. The molecule has 2 nitrogen and oxygen atoms in total. The third-order valence-electron chi connectivity index (χ3n) is 4.21. The van der Waals surface area contributed by atoms with E-state index in [0.29, 0.717) is 13.0 Å². The minimum atomic E-state index is -0.689. The fourth-order valence-electron chi connectivity index (χ4n) is 3.29. The Hall–Kier alpha value is -1.20. The Morgan fingerprint density at radius 2 is 2.27 bits per heavy atom. The van der Waals surface area contributed by atoms with Crippen molar-refractivity contribution in [1.29, 1.82) is 0 Å². The highest BCUT2D eigenvalue weighted by molar-refractivity contribution is 9.11. The van der Waals surface area contributed by atoms with Crippen molar-refractivity contribution < 1.29 is 13.9 Å². The Balaban J connectivity index is 2.12. The van der Waals surface area contributed by atoms with Crippen LogP contribution in [0.5, 0.6) is 0 Å². The first-order valence-corrected chi connectivity index (χ1v) is 8.77. The van der Waals surface area contributed by atoms with Crippen molar-refractivity contribution in [3.63, 3.8) is 0 Å². The first-order valence-electron chi connectivity index (χ1n) is 7.16. The van der Waals surface area contributed by atoms with Gasteiger partial charge in [-0.3, -0.25) is 4.79 Å². The van der Waals surface area contributed by atoms with E-state index in [1.54, 1.807) is 24.3 Å². The number of thiophene rings is 1. The number of benzene rings is 1. The molecule has 0 saturated heterocycles. The Morgan fingerprint density at radius 1 is 1.50 bits per heavy atom. The molecular weight excluding hydrogens is 367 g/mol. The molecule has 1 aromatic heterocycles. The molecule has 0 fully saturated rings. The molecule has 0 saturated carbocycles. The summed E-state index contributed by atoms with van der Waals surface area (Å²) in [6, 6.07) is 8.55. The van der Waals surface area contributed by atoms with Crippen molar-refractivity contribution >= 4 is 33.2 Å². The lowest BCUT2D eigenvalue weighted by atomic mass is 9.74. The predicted octanol–water partition coefficient (Wildman–Crippen LogP) is 4.91. The van der Waals surface area contributed by atoms with Gasteiger partial charge in [0.15, 0.2) is 0 Å². The summed E-state index contributed by atoms with van der Waals surface area (Å²) in [6.45, 7) is 4.07. The molecule has 1 heterocycles. The number of ether oxygens (including phenoxy) is 1. The third-order valence-corrected chi connectivity index (χ3v) is 5.87. The maximum absolute atomic E-state index is 13.7. The normalized spacial score (nSPS) is 23.4. The summed E-state index contributed by atoms with van der Waals surface area (Å²) >= 11 is 5.14. The second-order valence-electron chi connectivity index (χ2n) is 5.73. The van der Waals surface area contributed by atoms with Crippen LogP contribution >= 0.6 is 27.3 Å². The average Bonchev–Trinajstić information content (AvgIpc) is 2.91. The van der Waals surface area contributed by atoms with E-state index in [4.69, 9.17) is 4.74 Å². The topological polar surface area (TPSA) is 26.3 Å². The number of carbonyl (C=O) groups is 1. The van der Waals surface area contributed by atoms with E-state index >= 15 is 0 Å². The Bertz CT molecular complexity index is 727. The molecule has 0 N–H and O–H groups in total. The van der Waals surface area contributed by atoms with Gasteiger partial charge in [-0.1, -0.05) is 12.1 Å². The molecule has 1 aliphatic rings. The molecule has 5 heteroatoms. The molecular formula is C17H16BrFO2S. The molecule has 2 aromatic rings. The van der Waals surface area contributed by atoms with Crippen LogP contribution in [0.4, 0.5) is 4.39 Å². The number of hydrogen-bond donors (Lipinski definition) is 0. The summed E-state index contributed by atoms with van der Waals surface area (Å²) in [7, 11) is 0. The SMILES string of the molecule is CCOC(=O)[C@@]1(C)Cc2sc(Br)cc2[C@H]1c1cccc(F)c1. The summed E-state index contributed by atoms with van der Waals surface area (Å²) in [5.74, 6) is -0.685. The number of rotatable bonds is 3. The molecule has 2 atom stereocenters. The van der Waals surface area contributed by atoms with Gasteiger partial charge in [0.2, 0.25) is 0 Å². The fourth-order valence-corrected chi connectivity index (χ4v) is 5.21. The lowest BCUT2D eigenvalue weighted by molar-refractivity contribution is -0.154. The molecule has 1 aliphatic carbocycles. The predicted molar refractivity (Wildman–Crippen MR) is 88.7 cm³/mol. The van der Waals surface area contributed by atoms with Crippen LogP contribution in [0.15, 0.2) is 34.1 Å². The molecule has 3 rings (SSSR count). The van der Waals surface area contributed by atoms with Crippen LogP contribution in [0.25, 0.3) is 0 Å².